The Labute approximate surface area is 115 Å². The molecule has 0 bridgehead atoms. The number of imidazole rings is 1. The minimum atomic E-state index is 0. The first-order valence-electron chi connectivity index (χ1n) is 6.41. The van der Waals surface area contributed by atoms with E-state index >= 15 is 0 Å². The van der Waals surface area contributed by atoms with Gasteiger partial charge in [0.05, 0.1) is 6.54 Å². The molecule has 0 spiro atoms. The zero-order valence-corrected chi connectivity index (χ0v) is 11.9. The lowest BCUT2D eigenvalue weighted by molar-refractivity contribution is -0.709. The highest BCUT2D eigenvalue weighted by atomic mass is 35.5. The molecule has 2 rings (SSSR count). The summed E-state index contributed by atoms with van der Waals surface area (Å²) in [5, 5.41) is 0. The standard InChI is InChI=1S/C14H21N2O.ClH/c1-3-5-10-15-11-16(12-17-4-2)14-9-7-6-8-13(14)15;/h6-9,11H,3-5,10,12H2,1-2H3;1H/q+1;/p-1. The van der Waals surface area contributed by atoms with Gasteiger partial charge in [0.15, 0.2) is 17.8 Å². The van der Waals surface area contributed by atoms with Crippen molar-refractivity contribution in [3.05, 3.63) is 30.6 Å². The third kappa shape index (κ3) is 3.24. The second-order valence-electron chi connectivity index (χ2n) is 4.24. The number of rotatable bonds is 6. The molecule has 3 nitrogen and oxygen atoms in total. The number of hydrogen-bond donors (Lipinski definition) is 0. The predicted molar refractivity (Wildman–Crippen MR) is 68.7 cm³/mol. The van der Waals surface area contributed by atoms with Crippen LogP contribution in [-0.4, -0.2) is 11.2 Å². The number of para-hydroxylation sites is 2. The second kappa shape index (κ2) is 7.39. The summed E-state index contributed by atoms with van der Waals surface area (Å²) in [4.78, 5) is 0. The normalized spacial score (nSPS) is 10.6. The molecule has 100 valence electrons. The molecule has 0 aliphatic heterocycles. The van der Waals surface area contributed by atoms with Gasteiger partial charge < -0.3 is 17.1 Å². The average Bonchev–Trinajstić information content (AvgIpc) is 2.72. The van der Waals surface area contributed by atoms with Gasteiger partial charge in [0, 0.05) is 6.61 Å². The number of ether oxygens (including phenoxy) is 1. The molecule has 1 aromatic carbocycles. The van der Waals surface area contributed by atoms with Crippen LogP contribution in [0.1, 0.15) is 26.7 Å². The number of hydrogen-bond acceptors (Lipinski definition) is 1. The van der Waals surface area contributed by atoms with Crippen LogP contribution >= 0.6 is 0 Å². The van der Waals surface area contributed by atoms with Crippen molar-refractivity contribution in [3.63, 3.8) is 0 Å². The Morgan fingerprint density at radius 1 is 1.22 bits per heavy atom. The molecule has 18 heavy (non-hydrogen) atoms. The number of aromatic nitrogens is 2. The fraction of sp³-hybridized carbons (Fsp3) is 0.500. The number of unbranched alkanes of at least 4 members (excludes halogenated alkanes) is 1. The lowest BCUT2D eigenvalue weighted by Gasteiger charge is -1.96. The smallest absolute Gasteiger partial charge is 0.246 e. The van der Waals surface area contributed by atoms with Crippen molar-refractivity contribution in [2.24, 2.45) is 0 Å². The van der Waals surface area contributed by atoms with E-state index in [0.29, 0.717) is 6.73 Å². The SMILES string of the molecule is CCCCn1c[n+](COCC)c2ccccc21.[Cl-]. The van der Waals surface area contributed by atoms with Gasteiger partial charge in [-0.1, -0.05) is 25.5 Å². The number of benzene rings is 1. The van der Waals surface area contributed by atoms with Crippen molar-refractivity contribution in [1.82, 2.24) is 4.57 Å². The number of aryl methyl sites for hydroxylation is 1. The first-order chi connectivity index (χ1) is 8.36. The Kier molecular flexibility index (Phi) is 6.16. The van der Waals surface area contributed by atoms with Crippen LogP contribution < -0.4 is 17.0 Å². The molecule has 0 aliphatic carbocycles. The molecular formula is C14H21ClN2O. The van der Waals surface area contributed by atoms with Crippen molar-refractivity contribution in [1.29, 1.82) is 0 Å². The van der Waals surface area contributed by atoms with Gasteiger partial charge in [0.2, 0.25) is 6.33 Å². The van der Waals surface area contributed by atoms with Crippen LogP contribution in [0.5, 0.6) is 0 Å². The summed E-state index contributed by atoms with van der Waals surface area (Å²) in [7, 11) is 0. The van der Waals surface area contributed by atoms with Crippen LogP contribution in [0.15, 0.2) is 30.6 Å². The van der Waals surface area contributed by atoms with E-state index in [0.717, 1.165) is 13.2 Å². The summed E-state index contributed by atoms with van der Waals surface area (Å²) < 4.78 is 9.99. The molecule has 1 aromatic heterocycles. The summed E-state index contributed by atoms with van der Waals surface area (Å²) in [6, 6.07) is 8.50. The van der Waals surface area contributed by atoms with Crippen LogP contribution in [0.4, 0.5) is 0 Å². The van der Waals surface area contributed by atoms with Crippen molar-refractivity contribution < 1.29 is 21.7 Å². The van der Waals surface area contributed by atoms with Crippen LogP contribution in [0.2, 0.25) is 0 Å². The maximum Gasteiger partial charge on any atom is 0.246 e. The van der Waals surface area contributed by atoms with Crippen LogP contribution in [0, 0.1) is 0 Å². The monoisotopic (exact) mass is 268 g/mol. The Morgan fingerprint density at radius 3 is 2.72 bits per heavy atom. The van der Waals surface area contributed by atoms with Gasteiger partial charge in [-0.3, -0.25) is 0 Å². The molecule has 0 amide bonds. The van der Waals surface area contributed by atoms with E-state index in [9.17, 15) is 0 Å². The number of nitrogens with zero attached hydrogens (tertiary/aromatic N) is 2. The summed E-state index contributed by atoms with van der Waals surface area (Å²) >= 11 is 0. The molecule has 0 aliphatic rings. The molecule has 0 unspecified atom stereocenters. The van der Waals surface area contributed by atoms with E-state index in [4.69, 9.17) is 4.74 Å². The topological polar surface area (TPSA) is 18.0 Å². The highest BCUT2D eigenvalue weighted by Crippen LogP contribution is 2.11. The molecule has 4 heteroatoms. The van der Waals surface area contributed by atoms with Crippen molar-refractivity contribution in [2.75, 3.05) is 6.61 Å². The van der Waals surface area contributed by atoms with Crippen molar-refractivity contribution >= 4 is 11.0 Å². The zero-order chi connectivity index (χ0) is 12.1. The van der Waals surface area contributed by atoms with Crippen LogP contribution in [0.25, 0.3) is 11.0 Å². The molecule has 2 aromatic rings. The van der Waals surface area contributed by atoms with E-state index in [1.54, 1.807) is 0 Å². The Bertz CT molecular complexity index is 440. The quantitative estimate of drug-likeness (QED) is 0.660. The molecule has 0 fully saturated rings. The fourth-order valence-electron chi connectivity index (χ4n) is 2.04. The predicted octanol–water partition coefficient (Wildman–Crippen LogP) is -0.273. The average molecular weight is 269 g/mol. The van der Waals surface area contributed by atoms with Gasteiger partial charge >= 0.3 is 0 Å². The molecule has 0 saturated carbocycles. The van der Waals surface area contributed by atoms with E-state index < -0.39 is 0 Å². The van der Waals surface area contributed by atoms with Gasteiger partial charge in [0.1, 0.15) is 0 Å². The number of halogens is 1. The van der Waals surface area contributed by atoms with Gasteiger partial charge in [-0.15, -0.1) is 0 Å². The lowest BCUT2D eigenvalue weighted by Crippen LogP contribution is -3.00. The van der Waals surface area contributed by atoms with Crippen LogP contribution in [0.3, 0.4) is 0 Å². The summed E-state index contributed by atoms with van der Waals surface area (Å²) in [5.41, 5.74) is 2.54. The molecule has 1 heterocycles. The van der Waals surface area contributed by atoms with Gasteiger partial charge in [-0.05, 0) is 25.5 Å². The van der Waals surface area contributed by atoms with Gasteiger partial charge in [-0.25, -0.2) is 9.13 Å². The Morgan fingerprint density at radius 2 is 2.00 bits per heavy atom. The second-order valence-corrected chi connectivity index (χ2v) is 4.24. The summed E-state index contributed by atoms with van der Waals surface area (Å²) in [5.74, 6) is 0. The minimum Gasteiger partial charge on any atom is -1.00 e. The highest BCUT2D eigenvalue weighted by Gasteiger charge is 2.13. The minimum absolute atomic E-state index is 0. The highest BCUT2D eigenvalue weighted by molar-refractivity contribution is 5.71. The fourth-order valence-corrected chi connectivity index (χ4v) is 2.04. The van der Waals surface area contributed by atoms with Gasteiger partial charge in [-0.2, -0.15) is 0 Å². The summed E-state index contributed by atoms with van der Waals surface area (Å²) in [6.45, 7) is 6.71. The maximum absolute atomic E-state index is 5.50. The van der Waals surface area contributed by atoms with E-state index in [1.165, 1.54) is 23.9 Å². The first kappa shape index (κ1) is 15.0. The zero-order valence-electron chi connectivity index (χ0n) is 11.1. The van der Waals surface area contributed by atoms with Gasteiger partial charge in [0.25, 0.3) is 0 Å². The third-order valence-corrected chi connectivity index (χ3v) is 2.97. The first-order valence-corrected chi connectivity index (χ1v) is 6.41. The molecule has 0 atom stereocenters. The third-order valence-electron chi connectivity index (χ3n) is 2.97. The van der Waals surface area contributed by atoms with Crippen molar-refractivity contribution in [3.8, 4) is 0 Å². The van der Waals surface area contributed by atoms with Crippen molar-refractivity contribution in [2.45, 2.75) is 40.0 Å². The Balaban J connectivity index is 0.00000162. The van der Waals surface area contributed by atoms with Crippen LogP contribution in [-0.2, 0) is 18.0 Å². The van der Waals surface area contributed by atoms with E-state index in [1.807, 2.05) is 6.92 Å². The molecule has 0 saturated heterocycles. The molecular weight excluding hydrogens is 248 g/mol. The maximum atomic E-state index is 5.50. The van der Waals surface area contributed by atoms with E-state index in [-0.39, 0.29) is 12.4 Å². The van der Waals surface area contributed by atoms with E-state index in [2.05, 4.69) is 46.7 Å². The summed E-state index contributed by atoms with van der Waals surface area (Å²) in [6.07, 6.45) is 4.60. The lowest BCUT2D eigenvalue weighted by atomic mass is 10.3. The molecule has 0 radical (unpaired) electrons. The largest absolute Gasteiger partial charge is 1.00 e. The number of fused-ring (bicyclic) bond motifs is 1. The molecule has 0 N–H and O–H groups in total. The Hall–Kier alpha value is -1.06.